The van der Waals surface area contributed by atoms with Crippen LogP contribution in [-0.2, 0) is 0 Å². The normalized spacial score (nSPS) is 9.21. The second-order valence-electron chi connectivity index (χ2n) is 2.45. The lowest BCUT2D eigenvalue weighted by molar-refractivity contribution is 0.0693. The second-order valence-corrected chi connectivity index (χ2v) is 2.89. The summed E-state index contributed by atoms with van der Waals surface area (Å²) in [6.45, 7) is 0. The third-order valence-corrected chi connectivity index (χ3v) is 1.83. The molecule has 0 aliphatic heterocycles. The van der Waals surface area contributed by atoms with Crippen molar-refractivity contribution in [3.63, 3.8) is 0 Å². The molecule has 0 fully saturated rings. The van der Waals surface area contributed by atoms with Crippen LogP contribution in [0.5, 0.6) is 5.75 Å². The molecule has 0 saturated carbocycles. The number of carboxylic acid groups (broad SMARTS) is 1. The zero-order chi connectivity index (χ0) is 10.7. The Kier molecular flexibility index (Phi) is 2.95. The molecule has 0 unspecified atom stereocenters. The highest BCUT2D eigenvalue weighted by Crippen LogP contribution is 2.27. The fourth-order valence-electron chi connectivity index (χ4n) is 1.06. The minimum absolute atomic E-state index is 0.0319. The first kappa shape index (κ1) is 10.4. The largest absolute Gasteiger partial charge is 0.494 e. The van der Waals surface area contributed by atoms with Crippen LogP contribution in [0.1, 0.15) is 15.9 Å². The van der Waals surface area contributed by atoms with E-state index in [0.29, 0.717) is 0 Å². The molecule has 0 aromatic heterocycles. The van der Waals surface area contributed by atoms with Crippen LogP contribution in [0.4, 0.5) is 0 Å². The van der Waals surface area contributed by atoms with Gasteiger partial charge in [-0.2, -0.15) is 5.26 Å². The topological polar surface area (TPSA) is 70.3 Å². The fraction of sp³-hybridized carbons (Fsp3) is 0.111. The number of benzene rings is 1. The van der Waals surface area contributed by atoms with Gasteiger partial charge in [-0.15, -0.1) is 0 Å². The summed E-state index contributed by atoms with van der Waals surface area (Å²) in [5, 5.41) is 17.7. The lowest BCUT2D eigenvalue weighted by Gasteiger charge is -2.06. The number of aromatic carboxylic acids is 1. The summed E-state index contributed by atoms with van der Waals surface area (Å²) in [5.74, 6) is -1.15. The highest BCUT2D eigenvalue weighted by molar-refractivity contribution is 6.31. The first-order chi connectivity index (χ1) is 6.60. The summed E-state index contributed by atoms with van der Waals surface area (Å²) in [6.07, 6.45) is 0. The van der Waals surface area contributed by atoms with E-state index < -0.39 is 5.97 Å². The highest BCUT2D eigenvalue weighted by Gasteiger charge is 2.16. The molecule has 1 rings (SSSR count). The van der Waals surface area contributed by atoms with E-state index in [4.69, 9.17) is 26.7 Å². The molecular weight excluding hydrogens is 206 g/mol. The van der Waals surface area contributed by atoms with Crippen LogP contribution in [-0.4, -0.2) is 18.2 Å². The van der Waals surface area contributed by atoms with Crippen molar-refractivity contribution in [3.05, 3.63) is 28.3 Å². The van der Waals surface area contributed by atoms with Crippen LogP contribution >= 0.6 is 11.6 Å². The second kappa shape index (κ2) is 3.99. The minimum atomic E-state index is -1.18. The Morgan fingerprint density at radius 1 is 1.64 bits per heavy atom. The van der Waals surface area contributed by atoms with E-state index in [1.54, 1.807) is 0 Å². The van der Waals surface area contributed by atoms with Crippen LogP contribution in [0.2, 0.25) is 5.02 Å². The van der Waals surface area contributed by atoms with Gasteiger partial charge in [0, 0.05) is 5.02 Å². The lowest BCUT2D eigenvalue weighted by Crippen LogP contribution is -2.02. The smallest absolute Gasteiger partial charge is 0.339 e. The molecule has 0 aliphatic carbocycles. The lowest BCUT2D eigenvalue weighted by atomic mass is 10.1. The van der Waals surface area contributed by atoms with Crippen molar-refractivity contribution in [1.82, 2.24) is 0 Å². The molecule has 1 aromatic carbocycles. The molecule has 14 heavy (non-hydrogen) atoms. The van der Waals surface area contributed by atoms with Gasteiger partial charge in [-0.05, 0) is 12.1 Å². The van der Waals surface area contributed by atoms with E-state index >= 15 is 0 Å². The average molecular weight is 212 g/mol. The molecule has 0 spiro atoms. The molecule has 0 bridgehead atoms. The maximum Gasteiger partial charge on any atom is 0.339 e. The van der Waals surface area contributed by atoms with Gasteiger partial charge in [0.25, 0.3) is 0 Å². The molecule has 72 valence electrons. The van der Waals surface area contributed by atoms with E-state index in [1.807, 2.05) is 6.07 Å². The zero-order valence-corrected chi connectivity index (χ0v) is 8.00. The number of halogens is 1. The molecule has 0 heterocycles. The SMILES string of the molecule is COc1c(C#N)cc(Cl)cc1C(=O)O. The van der Waals surface area contributed by atoms with Gasteiger partial charge in [-0.3, -0.25) is 0 Å². The predicted octanol–water partition coefficient (Wildman–Crippen LogP) is 1.92. The number of ether oxygens (including phenoxy) is 1. The molecule has 4 nitrogen and oxygen atoms in total. The van der Waals surface area contributed by atoms with Gasteiger partial charge < -0.3 is 9.84 Å². The quantitative estimate of drug-likeness (QED) is 0.811. The predicted molar refractivity (Wildman–Crippen MR) is 49.7 cm³/mol. The molecule has 1 aromatic rings. The van der Waals surface area contributed by atoms with Crippen LogP contribution in [0, 0.1) is 11.3 Å². The number of nitriles is 1. The summed E-state index contributed by atoms with van der Waals surface area (Å²) in [5.41, 5.74) is -0.00560. The summed E-state index contributed by atoms with van der Waals surface area (Å²) >= 11 is 5.63. The Morgan fingerprint density at radius 3 is 2.71 bits per heavy atom. The van der Waals surface area contributed by atoms with Gasteiger partial charge in [0.05, 0.1) is 12.7 Å². The Bertz CT molecular complexity index is 423. The molecule has 0 aliphatic rings. The number of hydrogen-bond acceptors (Lipinski definition) is 3. The van der Waals surface area contributed by atoms with E-state index in [2.05, 4.69) is 0 Å². The molecule has 1 N–H and O–H groups in total. The molecule has 0 saturated heterocycles. The number of hydrogen-bond donors (Lipinski definition) is 1. The summed E-state index contributed by atoms with van der Waals surface area (Å²) in [7, 11) is 1.30. The molecule has 5 heteroatoms. The van der Waals surface area contributed by atoms with Gasteiger partial charge in [0.1, 0.15) is 11.6 Å². The van der Waals surface area contributed by atoms with Crippen LogP contribution in [0.15, 0.2) is 12.1 Å². The zero-order valence-electron chi connectivity index (χ0n) is 7.24. The Balaban J connectivity index is 3.49. The Hall–Kier alpha value is -1.73. The molecular formula is C9H6ClNO3. The van der Waals surface area contributed by atoms with E-state index in [9.17, 15) is 4.79 Å². The minimum Gasteiger partial charge on any atom is -0.494 e. The van der Waals surface area contributed by atoms with Crippen LogP contribution in [0.3, 0.4) is 0 Å². The van der Waals surface area contributed by atoms with Crippen molar-refractivity contribution in [2.24, 2.45) is 0 Å². The van der Waals surface area contributed by atoms with Gasteiger partial charge >= 0.3 is 5.97 Å². The maximum atomic E-state index is 10.8. The van der Waals surface area contributed by atoms with Crippen molar-refractivity contribution >= 4 is 17.6 Å². The standard InChI is InChI=1S/C9H6ClNO3/c1-14-8-5(4-11)2-6(10)3-7(8)9(12)13/h2-3H,1H3,(H,12,13). The Morgan fingerprint density at radius 2 is 2.29 bits per heavy atom. The molecule has 0 radical (unpaired) electrons. The summed E-state index contributed by atoms with van der Waals surface area (Å²) in [4.78, 5) is 10.8. The van der Waals surface area contributed by atoms with Crippen LogP contribution in [0.25, 0.3) is 0 Å². The van der Waals surface area contributed by atoms with Gasteiger partial charge in [-0.25, -0.2) is 4.79 Å². The third kappa shape index (κ3) is 1.78. The van der Waals surface area contributed by atoms with Crippen LogP contribution < -0.4 is 4.74 Å². The van der Waals surface area contributed by atoms with Crippen molar-refractivity contribution in [3.8, 4) is 11.8 Å². The number of nitrogens with zero attached hydrogens (tertiary/aromatic N) is 1. The Labute approximate surface area is 85.3 Å². The number of rotatable bonds is 2. The highest BCUT2D eigenvalue weighted by atomic mass is 35.5. The number of carbonyl (C=O) groups is 1. The fourth-order valence-corrected chi connectivity index (χ4v) is 1.27. The molecule has 0 amide bonds. The maximum absolute atomic E-state index is 10.8. The number of carboxylic acids is 1. The van der Waals surface area contributed by atoms with Gasteiger partial charge in [0.2, 0.25) is 0 Å². The van der Waals surface area contributed by atoms with Crippen molar-refractivity contribution in [2.45, 2.75) is 0 Å². The first-order valence-electron chi connectivity index (χ1n) is 3.61. The van der Waals surface area contributed by atoms with E-state index in [1.165, 1.54) is 19.2 Å². The monoisotopic (exact) mass is 211 g/mol. The van der Waals surface area contributed by atoms with Crippen molar-refractivity contribution < 1.29 is 14.6 Å². The third-order valence-electron chi connectivity index (χ3n) is 1.61. The number of methoxy groups -OCH3 is 1. The van der Waals surface area contributed by atoms with E-state index in [-0.39, 0.29) is 21.9 Å². The van der Waals surface area contributed by atoms with Crippen molar-refractivity contribution in [2.75, 3.05) is 7.11 Å². The van der Waals surface area contributed by atoms with E-state index in [0.717, 1.165) is 0 Å². The van der Waals surface area contributed by atoms with Gasteiger partial charge in [-0.1, -0.05) is 11.6 Å². The van der Waals surface area contributed by atoms with Crippen molar-refractivity contribution in [1.29, 1.82) is 5.26 Å². The summed E-state index contributed by atoms with van der Waals surface area (Å²) in [6, 6.07) is 4.40. The summed E-state index contributed by atoms with van der Waals surface area (Å²) < 4.78 is 4.82. The first-order valence-corrected chi connectivity index (χ1v) is 3.99. The molecule has 0 atom stereocenters. The van der Waals surface area contributed by atoms with Gasteiger partial charge in [0.15, 0.2) is 5.75 Å². The average Bonchev–Trinajstić information content (AvgIpc) is 2.16.